The van der Waals surface area contributed by atoms with E-state index in [0.717, 1.165) is 25.0 Å². The van der Waals surface area contributed by atoms with E-state index in [1.807, 2.05) is 6.20 Å². The van der Waals surface area contributed by atoms with Crippen LogP contribution in [0.25, 0.3) is 0 Å². The second-order valence-electron chi connectivity index (χ2n) is 6.98. The molecule has 2 N–H and O–H groups in total. The average Bonchev–Trinajstić information content (AvgIpc) is 3.27. The third kappa shape index (κ3) is 3.33. The Morgan fingerprint density at radius 2 is 2.04 bits per heavy atom. The summed E-state index contributed by atoms with van der Waals surface area (Å²) in [6, 6.07) is 14.4. The zero-order valence-electron chi connectivity index (χ0n) is 13.6. The molecule has 0 spiro atoms. The molecule has 122 valence electrons. The van der Waals surface area contributed by atoms with Gasteiger partial charge in [-0.05, 0) is 36.8 Å². The summed E-state index contributed by atoms with van der Waals surface area (Å²) >= 11 is 0. The molecule has 2 fully saturated rings. The molecule has 0 bridgehead atoms. The molecule has 4 nitrogen and oxygen atoms in total. The number of nitrogens with one attached hydrogen (secondary N) is 2. The summed E-state index contributed by atoms with van der Waals surface area (Å²) in [6.07, 6.45) is 7.19. The zero-order chi connectivity index (χ0) is 15.5. The van der Waals surface area contributed by atoms with Crippen LogP contribution in [0.15, 0.2) is 42.6 Å². The van der Waals surface area contributed by atoms with Crippen molar-refractivity contribution >= 4 is 0 Å². The van der Waals surface area contributed by atoms with E-state index in [1.165, 1.54) is 43.5 Å². The lowest BCUT2D eigenvalue weighted by molar-refractivity contribution is 0.0774. The molecule has 1 aromatic carbocycles. The number of fused-ring (bicyclic) bond motifs is 1. The minimum atomic E-state index is 0.651. The molecule has 2 aromatic rings. The molecule has 0 radical (unpaired) electrons. The van der Waals surface area contributed by atoms with Crippen molar-refractivity contribution in [3.05, 3.63) is 53.9 Å². The van der Waals surface area contributed by atoms with Crippen LogP contribution in [0.2, 0.25) is 0 Å². The normalized spacial score (nSPS) is 27.9. The van der Waals surface area contributed by atoms with Gasteiger partial charge in [-0.15, -0.1) is 0 Å². The molecule has 1 aliphatic carbocycles. The summed E-state index contributed by atoms with van der Waals surface area (Å²) in [7, 11) is 0. The molecule has 4 rings (SSSR count). The van der Waals surface area contributed by atoms with Gasteiger partial charge in [0.25, 0.3) is 0 Å². The fraction of sp³-hybridized carbons (Fsp3) is 0.526. The molecule has 0 amide bonds. The van der Waals surface area contributed by atoms with Crippen molar-refractivity contribution in [1.29, 1.82) is 0 Å². The molecule has 23 heavy (non-hydrogen) atoms. The van der Waals surface area contributed by atoms with Gasteiger partial charge in [-0.25, -0.2) is 0 Å². The summed E-state index contributed by atoms with van der Waals surface area (Å²) < 4.78 is 0. The first kappa shape index (κ1) is 14.9. The lowest BCUT2D eigenvalue weighted by Gasteiger charge is -2.43. The number of benzene rings is 1. The van der Waals surface area contributed by atoms with Crippen molar-refractivity contribution in [2.24, 2.45) is 5.92 Å². The Morgan fingerprint density at radius 1 is 1.13 bits per heavy atom. The third-order valence-electron chi connectivity index (χ3n) is 5.59. The Hall–Kier alpha value is -1.65. The quantitative estimate of drug-likeness (QED) is 0.892. The highest BCUT2D eigenvalue weighted by Crippen LogP contribution is 2.37. The van der Waals surface area contributed by atoms with Crippen molar-refractivity contribution < 1.29 is 0 Å². The van der Waals surface area contributed by atoms with Crippen LogP contribution in [-0.2, 0) is 13.1 Å². The van der Waals surface area contributed by atoms with Gasteiger partial charge in [-0.2, -0.15) is 5.10 Å². The number of piperidine rings is 1. The Morgan fingerprint density at radius 3 is 2.87 bits per heavy atom. The lowest BCUT2D eigenvalue weighted by Crippen LogP contribution is -2.52. The molecule has 3 unspecified atom stereocenters. The molecule has 2 aliphatic rings. The molecule has 2 heterocycles. The van der Waals surface area contributed by atoms with Crippen LogP contribution in [0.1, 0.15) is 36.9 Å². The maximum Gasteiger partial charge on any atom is 0.0490 e. The number of aromatic amines is 1. The first-order valence-electron chi connectivity index (χ1n) is 8.90. The van der Waals surface area contributed by atoms with Crippen molar-refractivity contribution in [3.8, 4) is 0 Å². The maximum absolute atomic E-state index is 4.04. The summed E-state index contributed by atoms with van der Waals surface area (Å²) in [5.41, 5.74) is 2.63. The molecule has 3 atom stereocenters. The molecular weight excluding hydrogens is 284 g/mol. The van der Waals surface area contributed by atoms with E-state index in [9.17, 15) is 0 Å². The SMILES string of the molecule is c1ccc(CN2CCC(NCc3ccn[nH]3)C3CCCC32)cc1. The Balaban J connectivity index is 1.39. The standard InChI is InChI=1S/C19H26N4/c1-2-5-15(6-3-1)14-23-12-10-18(17-7-4-8-19(17)23)20-13-16-9-11-21-22-16/h1-3,5-6,9,11,17-20H,4,7-8,10,12-14H2,(H,21,22). The number of hydrogen-bond acceptors (Lipinski definition) is 3. The molecule has 1 aromatic heterocycles. The van der Waals surface area contributed by atoms with E-state index in [0.29, 0.717) is 6.04 Å². The molecule has 4 heteroatoms. The number of aromatic nitrogens is 2. The minimum Gasteiger partial charge on any atom is -0.308 e. The largest absolute Gasteiger partial charge is 0.308 e. The van der Waals surface area contributed by atoms with Gasteiger partial charge in [0.2, 0.25) is 0 Å². The van der Waals surface area contributed by atoms with Crippen LogP contribution >= 0.6 is 0 Å². The van der Waals surface area contributed by atoms with Crippen LogP contribution < -0.4 is 5.32 Å². The molecule has 1 saturated carbocycles. The van der Waals surface area contributed by atoms with Crippen molar-refractivity contribution in [2.45, 2.75) is 50.9 Å². The Kier molecular flexibility index (Phi) is 4.44. The number of likely N-dealkylation sites (tertiary alicyclic amines) is 1. The fourth-order valence-corrected chi connectivity index (χ4v) is 4.47. The third-order valence-corrected chi connectivity index (χ3v) is 5.59. The van der Waals surface area contributed by atoms with Gasteiger partial charge in [-0.3, -0.25) is 10.00 Å². The number of hydrogen-bond donors (Lipinski definition) is 2. The van der Waals surface area contributed by atoms with Gasteiger partial charge in [0.15, 0.2) is 0 Å². The lowest BCUT2D eigenvalue weighted by atomic mass is 9.86. The van der Waals surface area contributed by atoms with Gasteiger partial charge in [0, 0.05) is 43.6 Å². The summed E-state index contributed by atoms with van der Waals surface area (Å²) in [4.78, 5) is 2.72. The second kappa shape index (κ2) is 6.85. The fourth-order valence-electron chi connectivity index (χ4n) is 4.47. The first-order valence-corrected chi connectivity index (χ1v) is 8.90. The van der Waals surface area contributed by atoms with E-state index in [2.05, 4.69) is 56.8 Å². The Bertz CT molecular complexity index is 595. The van der Waals surface area contributed by atoms with Crippen molar-refractivity contribution in [3.63, 3.8) is 0 Å². The van der Waals surface area contributed by atoms with Gasteiger partial charge in [-0.1, -0.05) is 36.8 Å². The van der Waals surface area contributed by atoms with Crippen molar-refractivity contribution in [2.75, 3.05) is 6.54 Å². The maximum atomic E-state index is 4.04. The average molecular weight is 310 g/mol. The van der Waals surface area contributed by atoms with Gasteiger partial charge < -0.3 is 5.32 Å². The minimum absolute atomic E-state index is 0.651. The van der Waals surface area contributed by atoms with E-state index in [4.69, 9.17) is 0 Å². The van der Waals surface area contributed by atoms with Crippen LogP contribution in [-0.4, -0.2) is 33.7 Å². The predicted octanol–water partition coefficient (Wildman–Crippen LogP) is 2.94. The summed E-state index contributed by atoms with van der Waals surface area (Å²) in [6.45, 7) is 3.22. The monoisotopic (exact) mass is 310 g/mol. The Labute approximate surface area is 138 Å². The predicted molar refractivity (Wildman–Crippen MR) is 91.8 cm³/mol. The van der Waals surface area contributed by atoms with Gasteiger partial charge in [0.05, 0.1) is 0 Å². The van der Waals surface area contributed by atoms with Crippen LogP contribution in [0.5, 0.6) is 0 Å². The van der Waals surface area contributed by atoms with Gasteiger partial charge in [0.1, 0.15) is 0 Å². The number of rotatable bonds is 5. The van der Waals surface area contributed by atoms with Crippen molar-refractivity contribution in [1.82, 2.24) is 20.4 Å². The topological polar surface area (TPSA) is 44.0 Å². The van der Waals surface area contributed by atoms with E-state index in [-0.39, 0.29) is 0 Å². The van der Waals surface area contributed by atoms with Crippen LogP contribution in [0, 0.1) is 5.92 Å². The van der Waals surface area contributed by atoms with Gasteiger partial charge >= 0.3 is 0 Å². The van der Waals surface area contributed by atoms with Crippen LogP contribution in [0.4, 0.5) is 0 Å². The molecule has 1 saturated heterocycles. The van der Waals surface area contributed by atoms with E-state index >= 15 is 0 Å². The summed E-state index contributed by atoms with van der Waals surface area (Å²) in [5.74, 6) is 0.801. The highest BCUT2D eigenvalue weighted by Gasteiger charge is 2.40. The number of nitrogens with zero attached hydrogens (tertiary/aromatic N) is 2. The zero-order valence-corrected chi connectivity index (χ0v) is 13.6. The second-order valence-corrected chi connectivity index (χ2v) is 6.98. The smallest absolute Gasteiger partial charge is 0.0490 e. The first-order chi connectivity index (χ1) is 11.4. The molecular formula is C19H26N4. The summed E-state index contributed by atoms with van der Waals surface area (Å²) in [5, 5.41) is 10.9. The van der Waals surface area contributed by atoms with E-state index in [1.54, 1.807) is 0 Å². The number of H-pyrrole nitrogens is 1. The molecule has 1 aliphatic heterocycles. The van der Waals surface area contributed by atoms with Crippen LogP contribution in [0.3, 0.4) is 0 Å². The highest BCUT2D eigenvalue weighted by atomic mass is 15.2. The highest BCUT2D eigenvalue weighted by molar-refractivity contribution is 5.15. The van der Waals surface area contributed by atoms with E-state index < -0.39 is 0 Å².